The van der Waals surface area contributed by atoms with E-state index in [2.05, 4.69) is 46.0 Å². The molecule has 3 fully saturated rings. The highest BCUT2D eigenvalue weighted by Crippen LogP contribution is 2.67. The highest BCUT2D eigenvalue weighted by atomic mass is 16.3. The van der Waals surface area contributed by atoms with E-state index in [-0.39, 0.29) is 11.5 Å². The molecule has 29 heavy (non-hydrogen) atoms. The van der Waals surface area contributed by atoms with Gasteiger partial charge >= 0.3 is 0 Å². The van der Waals surface area contributed by atoms with Gasteiger partial charge in [-0.3, -0.25) is 0 Å². The van der Waals surface area contributed by atoms with Gasteiger partial charge in [0.05, 0.1) is 11.7 Å². The monoisotopic (exact) mass is 403 g/mol. The molecule has 0 radical (unpaired) electrons. The molecule has 3 nitrogen and oxygen atoms in total. The predicted molar refractivity (Wildman–Crippen MR) is 120 cm³/mol. The SMILES string of the molecule is CC(C)CNC[C@]12CC[C@H]3[C@@H](CC=C4C[C@@H](O)CC[C@@]43C)[C@@H]1CC[C@@H]2C(C)(C)O. The first-order valence-corrected chi connectivity index (χ1v) is 12.4. The molecule has 4 aliphatic rings. The van der Waals surface area contributed by atoms with Crippen LogP contribution < -0.4 is 5.32 Å². The molecular formula is C26H45NO2. The second kappa shape index (κ2) is 7.64. The molecule has 3 heteroatoms. The lowest BCUT2D eigenvalue weighted by molar-refractivity contribution is -0.102. The Labute approximate surface area is 178 Å². The van der Waals surface area contributed by atoms with E-state index in [0.717, 1.165) is 50.1 Å². The quantitative estimate of drug-likeness (QED) is 0.571. The molecule has 0 amide bonds. The number of hydrogen-bond acceptors (Lipinski definition) is 3. The molecule has 0 heterocycles. The number of fused-ring (bicyclic) bond motifs is 5. The maximum absolute atomic E-state index is 11.1. The Hall–Kier alpha value is -0.380. The first kappa shape index (κ1) is 21.8. The van der Waals surface area contributed by atoms with Crippen LogP contribution >= 0.6 is 0 Å². The van der Waals surface area contributed by atoms with Crippen LogP contribution in [0.25, 0.3) is 0 Å². The summed E-state index contributed by atoms with van der Waals surface area (Å²) < 4.78 is 0. The van der Waals surface area contributed by atoms with E-state index in [0.29, 0.717) is 17.3 Å². The molecule has 0 aromatic rings. The Morgan fingerprint density at radius 2 is 1.90 bits per heavy atom. The minimum Gasteiger partial charge on any atom is -0.393 e. The lowest BCUT2D eigenvalue weighted by atomic mass is 9.46. The van der Waals surface area contributed by atoms with Crippen molar-refractivity contribution in [2.24, 2.45) is 40.4 Å². The summed E-state index contributed by atoms with van der Waals surface area (Å²) in [7, 11) is 0. The zero-order valence-electron chi connectivity index (χ0n) is 19.5. The Morgan fingerprint density at radius 3 is 2.59 bits per heavy atom. The summed E-state index contributed by atoms with van der Waals surface area (Å²) in [5.41, 5.74) is 1.49. The van der Waals surface area contributed by atoms with E-state index in [1.54, 1.807) is 5.57 Å². The fourth-order valence-corrected chi connectivity index (χ4v) is 8.45. The molecule has 3 saturated carbocycles. The van der Waals surface area contributed by atoms with Crippen LogP contribution in [0, 0.1) is 40.4 Å². The van der Waals surface area contributed by atoms with Crippen LogP contribution in [-0.2, 0) is 0 Å². The third-order valence-electron chi connectivity index (χ3n) is 9.65. The fourth-order valence-electron chi connectivity index (χ4n) is 8.45. The van der Waals surface area contributed by atoms with Crippen LogP contribution in [0.1, 0.15) is 86.0 Å². The summed E-state index contributed by atoms with van der Waals surface area (Å²) in [5, 5.41) is 25.2. The highest BCUT2D eigenvalue weighted by molar-refractivity contribution is 5.26. The third-order valence-corrected chi connectivity index (χ3v) is 9.65. The van der Waals surface area contributed by atoms with Crippen molar-refractivity contribution in [3.8, 4) is 0 Å². The van der Waals surface area contributed by atoms with Crippen molar-refractivity contribution in [3.05, 3.63) is 11.6 Å². The Balaban J connectivity index is 1.64. The van der Waals surface area contributed by atoms with E-state index >= 15 is 0 Å². The number of rotatable bonds is 5. The van der Waals surface area contributed by atoms with Crippen molar-refractivity contribution in [1.29, 1.82) is 0 Å². The average molecular weight is 404 g/mol. The van der Waals surface area contributed by atoms with Crippen molar-refractivity contribution in [2.75, 3.05) is 13.1 Å². The van der Waals surface area contributed by atoms with Gasteiger partial charge in [0.1, 0.15) is 0 Å². The number of aliphatic hydroxyl groups is 2. The second-order valence-electron chi connectivity index (χ2n) is 12.2. The standard InChI is InChI=1S/C26H45NO2/c1-17(2)15-27-16-26-13-11-21-20(22(26)8-9-23(26)24(3,4)29)7-6-18-14-19(28)10-12-25(18,21)5/h6,17,19-23,27-29H,7-16H2,1-5H3/t19-,20+,21-,22-,23+,25-,26+/m0/s1. The zero-order valence-corrected chi connectivity index (χ0v) is 19.5. The van der Waals surface area contributed by atoms with E-state index in [1.807, 2.05) is 0 Å². The van der Waals surface area contributed by atoms with Gasteiger partial charge in [-0.1, -0.05) is 32.4 Å². The summed E-state index contributed by atoms with van der Waals surface area (Å²) in [4.78, 5) is 0. The minimum atomic E-state index is -0.602. The van der Waals surface area contributed by atoms with Gasteiger partial charge in [-0.2, -0.15) is 0 Å². The van der Waals surface area contributed by atoms with Gasteiger partial charge < -0.3 is 15.5 Å². The molecule has 0 aromatic heterocycles. The summed E-state index contributed by atoms with van der Waals surface area (Å²) in [5.74, 6) is 3.29. The highest BCUT2D eigenvalue weighted by Gasteiger charge is 2.62. The Morgan fingerprint density at radius 1 is 1.14 bits per heavy atom. The van der Waals surface area contributed by atoms with Crippen LogP contribution in [0.4, 0.5) is 0 Å². The van der Waals surface area contributed by atoms with Crippen LogP contribution in [0.15, 0.2) is 11.6 Å². The van der Waals surface area contributed by atoms with E-state index < -0.39 is 5.60 Å². The number of aliphatic hydroxyl groups excluding tert-OH is 1. The van der Waals surface area contributed by atoms with E-state index in [1.165, 1.54) is 32.1 Å². The van der Waals surface area contributed by atoms with Crippen LogP contribution in [0.2, 0.25) is 0 Å². The van der Waals surface area contributed by atoms with Crippen molar-refractivity contribution in [1.82, 2.24) is 5.32 Å². The van der Waals surface area contributed by atoms with Gasteiger partial charge in [0.15, 0.2) is 0 Å². The lowest BCUT2D eigenvalue weighted by Crippen LogP contribution is -2.56. The van der Waals surface area contributed by atoms with Crippen molar-refractivity contribution >= 4 is 0 Å². The van der Waals surface area contributed by atoms with Crippen molar-refractivity contribution in [2.45, 2.75) is 97.7 Å². The molecule has 0 aliphatic heterocycles. The fraction of sp³-hybridized carbons (Fsp3) is 0.923. The van der Waals surface area contributed by atoms with Crippen LogP contribution in [-0.4, -0.2) is 35.0 Å². The number of allylic oxidation sites excluding steroid dienone is 1. The van der Waals surface area contributed by atoms with Crippen LogP contribution in [0.5, 0.6) is 0 Å². The van der Waals surface area contributed by atoms with Gasteiger partial charge in [-0.25, -0.2) is 0 Å². The largest absolute Gasteiger partial charge is 0.393 e. The molecule has 0 unspecified atom stereocenters. The van der Waals surface area contributed by atoms with Gasteiger partial charge in [0.2, 0.25) is 0 Å². The molecular weight excluding hydrogens is 358 g/mol. The summed E-state index contributed by atoms with van der Waals surface area (Å²) in [6, 6.07) is 0. The maximum atomic E-state index is 11.1. The predicted octanol–water partition coefficient (Wildman–Crippen LogP) is 4.92. The zero-order chi connectivity index (χ0) is 21.0. The topological polar surface area (TPSA) is 52.5 Å². The number of nitrogens with one attached hydrogen (secondary N) is 1. The molecule has 0 spiro atoms. The Kier molecular flexibility index (Phi) is 5.75. The van der Waals surface area contributed by atoms with Gasteiger partial charge in [-0.05, 0) is 112 Å². The van der Waals surface area contributed by atoms with E-state index in [4.69, 9.17) is 0 Å². The third kappa shape index (κ3) is 3.64. The molecule has 0 saturated heterocycles. The van der Waals surface area contributed by atoms with E-state index in [9.17, 15) is 10.2 Å². The van der Waals surface area contributed by atoms with Gasteiger partial charge in [-0.15, -0.1) is 0 Å². The van der Waals surface area contributed by atoms with Crippen LogP contribution in [0.3, 0.4) is 0 Å². The normalized spacial score (nSPS) is 44.8. The molecule has 3 N–H and O–H groups in total. The lowest BCUT2D eigenvalue weighted by Gasteiger charge is -2.59. The van der Waals surface area contributed by atoms with Crippen molar-refractivity contribution < 1.29 is 10.2 Å². The molecule has 0 aromatic carbocycles. The molecule has 0 bridgehead atoms. The summed E-state index contributed by atoms with van der Waals surface area (Å²) in [6.45, 7) is 13.3. The Bertz CT molecular complexity index is 635. The first-order valence-electron chi connectivity index (χ1n) is 12.4. The molecule has 166 valence electrons. The molecule has 4 rings (SSSR count). The number of hydrogen-bond donors (Lipinski definition) is 3. The van der Waals surface area contributed by atoms with Crippen molar-refractivity contribution in [3.63, 3.8) is 0 Å². The van der Waals surface area contributed by atoms with Gasteiger partial charge in [0, 0.05) is 6.54 Å². The summed E-state index contributed by atoms with van der Waals surface area (Å²) >= 11 is 0. The first-order chi connectivity index (χ1) is 13.6. The maximum Gasteiger partial charge on any atom is 0.0625 e. The minimum absolute atomic E-state index is 0.125. The molecule has 7 atom stereocenters. The second-order valence-corrected chi connectivity index (χ2v) is 12.2. The average Bonchev–Trinajstić information content (AvgIpc) is 3.02. The smallest absolute Gasteiger partial charge is 0.0625 e. The van der Waals surface area contributed by atoms with Gasteiger partial charge in [0.25, 0.3) is 0 Å². The summed E-state index contributed by atoms with van der Waals surface area (Å²) in [6.07, 6.45) is 11.6. The molecule has 4 aliphatic carbocycles.